The average molecular weight is 493 g/mol. The minimum atomic E-state index is 0. The summed E-state index contributed by atoms with van der Waals surface area (Å²) >= 11 is 5.86. The molecule has 0 fully saturated rings. The van der Waals surface area contributed by atoms with Gasteiger partial charge in [-0.15, -0.1) is 24.0 Å². The van der Waals surface area contributed by atoms with E-state index < -0.39 is 0 Å². The predicted molar refractivity (Wildman–Crippen MR) is 116 cm³/mol. The highest BCUT2D eigenvalue weighted by Gasteiger charge is 2.10. The van der Waals surface area contributed by atoms with E-state index in [0.717, 1.165) is 41.7 Å². The van der Waals surface area contributed by atoms with Gasteiger partial charge in [-0.2, -0.15) is 0 Å². The number of aliphatic imine (C=N–C) groups is 1. The van der Waals surface area contributed by atoms with Crippen LogP contribution in [0.3, 0.4) is 0 Å². The third kappa shape index (κ3) is 6.68. The average Bonchev–Trinajstić information content (AvgIpc) is 2.92. The number of ether oxygens (including phenoxy) is 1. The maximum absolute atomic E-state index is 5.86. The molecule has 0 bridgehead atoms. The third-order valence-electron chi connectivity index (χ3n) is 3.92. The van der Waals surface area contributed by atoms with Crippen LogP contribution in [0.4, 0.5) is 0 Å². The van der Waals surface area contributed by atoms with Crippen molar-refractivity contribution in [2.45, 2.75) is 20.3 Å². The molecule has 0 aliphatic carbocycles. The molecule has 8 heteroatoms. The number of aryl methyl sites for hydroxylation is 2. The van der Waals surface area contributed by atoms with Crippen molar-refractivity contribution >= 4 is 41.5 Å². The van der Waals surface area contributed by atoms with Crippen LogP contribution >= 0.6 is 35.6 Å². The fraction of sp³-hybridized carbons (Fsp3) is 0.444. The van der Waals surface area contributed by atoms with Crippen molar-refractivity contribution in [1.82, 2.24) is 15.4 Å². The van der Waals surface area contributed by atoms with Crippen molar-refractivity contribution in [3.63, 3.8) is 0 Å². The van der Waals surface area contributed by atoms with Crippen LogP contribution in [-0.2, 0) is 6.42 Å². The summed E-state index contributed by atoms with van der Waals surface area (Å²) in [5.41, 5.74) is 2.09. The molecule has 1 aromatic carbocycles. The van der Waals surface area contributed by atoms with E-state index >= 15 is 0 Å². The van der Waals surface area contributed by atoms with Gasteiger partial charge in [0.2, 0.25) is 0 Å². The lowest BCUT2D eigenvalue weighted by atomic mass is 10.1. The van der Waals surface area contributed by atoms with E-state index in [2.05, 4.69) is 15.5 Å². The van der Waals surface area contributed by atoms with Crippen LogP contribution in [0.25, 0.3) is 0 Å². The summed E-state index contributed by atoms with van der Waals surface area (Å²) in [6.45, 7) is 5.93. The molecule has 0 saturated heterocycles. The number of rotatable bonds is 7. The van der Waals surface area contributed by atoms with Gasteiger partial charge in [-0.3, -0.25) is 4.99 Å². The molecule has 0 atom stereocenters. The van der Waals surface area contributed by atoms with Gasteiger partial charge in [-0.1, -0.05) is 16.8 Å². The number of guanidine groups is 1. The molecule has 0 aliphatic rings. The van der Waals surface area contributed by atoms with Crippen LogP contribution in [-0.4, -0.2) is 49.8 Å². The summed E-state index contributed by atoms with van der Waals surface area (Å²) in [7, 11) is 3.76. The molecular formula is C18H26ClIN4O2. The second-order valence-corrected chi connectivity index (χ2v) is 6.19. The van der Waals surface area contributed by atoms with Gasteiger partial charge in [0.05, 0.1) is 12.2 Å². The largest absolute Gasteiger partial charge is 0.492 e. The topological polar surface area (TPSA) is 62.9 Å². The Morgan fingerprint density at radius 3 is 2.58 bits per heavy atom. The Bertz CT molecular complexity index is 684. The number of halogens is 2. The number of nitrogens with zero attached hydrogens (tertiary/aromatic N) is 3. The molecule has 0 saturated carbocycles. The van der Waals surface area contributed by atoms with Crippen molar-refractivity contribution in [3.8, 4) is 5.75 Å². The summed E-state index contributed by atoms with van der Waals surface area (Å²) in [5, 5.41) is 8.03. The van der Waals surface area contributed by atoms with Gasteiger partial charge in [0, 0.05) is 31.2 Å². The Hall–Kier alpha value is -1.48. The van der Waals surface area contributed by atoms with Crippen LogP contribution in [0.15, 0.2) is 33.8 Å². The first-order valence-corrected chi connectivity index (χ1v) is 8.61. The zero-order valence-electron chi connectivity index (χ0n) is 15.6. The molecule has 0 radical (unpaired) electrons. The van der Waals surface area contributed by atoms with Crippen LogP contribution < -0.4 is 10.1 Å². The molecule has 2 aromatic rings. The van der Waals surface area contributed by atoms with Crippen molar-refractivity contribution in [2.24, 2.45) is 4.99 Å². The summed E-state index contributed by atoms with van der Waals surface area (Å²) in [5.74, 6) is 2.50. The van der Waals surface area contributed by atoms with Crippen LogP contribution in [0.1, 0.15) is 17.0 Å². The lowest BCUT2D eigenvalue weighted by molar-refractivity contribution is 0.281. The summed E-state index contributed by atoms with van der Waals surface area (Å²) in [6, 6.07) is 7.35. The SMILES string of the molecule is CN=C(NCCc1c(C)noc1C)N(C)CCOc1ccc(Cl)cc1.I. The van der Waals surface area contributed by atoms with Gasteiger partial charge in [0.25, 0.3) is 0 Å². The third-order valence-corrected chi connectivity index (χ3v) is 4.17. The minimum Gasteiger partial charge on any atom is -0.492 e. The van der Waals surface area contributed by atoms with E-state index in [1.165, 1.54) is 0 Å². The molecule has 0 unspecified atom stereocenters. The lowest BCUT2D eigenvalue weighted by Gasteiger charge is -2.22. The van der Waals surface area contributed by atoms with Gasteiger partial charge < -0.3 is 19.5 Å². The van der Waals surface area contributed by atoms with Gasteiger partial charge in [0.1, 0.15) is 18.1 Å². The minimum absolute atomic E-state index is 0. The summed E-state index contributed by atoms with van der Waals surface area (Å²) < 4.78 is 10.9. The second kappa shape index (κ2) is 11.3. The summed E-state index contributed by atoms with van der Waals surface area (Å²) in [4.78, 5) is 6.34. The van der Waals surface area contributed by atoms with Crippen LogP contribution in [0, 0.1) is 13.8 Å². The normalized spacial score (nSPS) is 11.0. The highest BCUT2D eigenvalue weighted by molar-refractivity contribution is 14.0. The van der Waals surface area contributed by atoms with Gasteiger partial charge in [-0.25, -0.2) is 0 Å². The molecule has 26 heavy (non-hydrogen) atoms. The molecule has 144 valence electrons. The van der Waals surface area contributed by atoms with E-state index in [4.69, 9.17) is 20.9 Å². The Morgan fingerprint density at radius 2 is 2.00 bits per heavy atom. The molecular weight excluding hydrogens is 467 g/mol. The molecule has 2 rings (SSSR count). The van der Waals surface area contributed by atoms with Crippen molar-refractivity contribution in [2.75, 3.05) is 33.8 Å². The van der Waals surface area contributed by atoms with Gasteiger partial charge in [0.15, 0.2) is 5.96 Å². The fourth-order valence-electron chi connectivity index (χ4n) is 2.48. The molecule has 1 heterocycles. The van der Waals surface area contributed by atoms with Gasteiger partial charge in [-0.05, 0) is 44.5 Å². The Morgan fingerprint density at radius 1 is 1.31 bits per heavy atom. The van der Waals surface area contributed by atoms with E-state index in [1.807, 2.05) is 50.1 Å². The molecule has 0 spiro atoms. The first-order chi connectivity index (χ1) is 12.0. The van der Waals surface area contributed by atoms with E-state index in [9.17, 15) is 0 Å². The Kier molecular flexibility index (Phi) is 9.79. The zero-order chi connectivity index (χ0) is 18.2. The number of hydrogen-bond acceptors (Lipinski definition) is 4. The standard InChI is InChI=1S/C18H25ClN4O2.HI/c1-13-17(14(2)25-22-13)9-10-21-18(20-3)23(4)11-12-24-16-7-5-15(19)6-8-16;/h5-8H,9-12H2,1-4H3,(H,20,21);1H. The molecule has 0 amide bonds. The predicted octanol–water partition coefficient (Wildman–Crippen LogP) is 3.69. The Balaban J connectivity index is 0.00000338. The summed E-state index contributed by atoms with van der Waals surface area (Å²) in [6.07, 6.45) is 0.843. The molecule has 6 nitrogen and oxygen atoms in total. The number of likely N-dealkylation sites (N-methyl/N-ethyl adjacent to an activating group) is 1. The quantitative estimate of drug-likeness (QED) is 0.363. The highest BCUT2D eigenvalue weighted by atomic mass is 127. The van der Waals surface area contributed by atoms with Crippen molar-refractivity contribution < 1.29 is 9.26 Å². The molecule has 1 aromatic heterocycles. The highest BCUT2D eigenvalue weighted by Crippen LogP contribution is 2.15. The first-order valence-electron chi connectivity index (χ1n) is 8.23. The second-order valence-electron chi connectivity index (χ2n) is 5.75. The number of benzene rings is 1. The molecule has 1 N–H and O–H groups in total. The maximum Gasteiger partial charge on any atom is 0.193 e. The number of nitrogens with one attached hydrogen (secondary N) is 1. The maximum atomic E-state index is 5.86. The van der Waals surface area contributed by atoms with E-state index in [-0.39, 0.29) is 24.0 Å². The van der Waals surface area contributed by atoms with Crippen LogP contribution in [0.5, 0.6) is 5.75 Å². The number of aromatic nitrogens is 1. The van der Waals surface area contributed by atoms with Crippen LogP contribution in [0.2, 0.25) is 5.02 Å². The van der Waals surface area contributed by atoms with Gasteiger partial charge >= 0.3 is 0 Å². The number of hydrogen-bond donors (Lipinski definition) is 1. The van der Waals surface area contributed by atoms with Crippen molar-refractivity contribution in [1.29, 1.82) is 0 Å². The zero-order valence-corrected chi connectivity index (χ0v) is 18.7. The molecule has 0 aliphatic heterocycles. The van der Waals surface area contributed by atoms with E-state index in [1.54, 1.807) is 7.05 Å². The van der Waals surface area contributed by atoms with E-state index in [0.29, 0.717) is 18.2 Å². The lowest BCUT2D eigenvalue weighted by Crippen LogP contribution is -2.41. The Labute approximate surface area is 177 Å². The van der Waals surface area contributed by atoms with Crippen molar-refractivity contribution in [3.05, 3.63) is 46.3 Å². The first kappa shape index (κ1) is 22.6. The smallest absolute Gasteiger partial charge is 0.193 e. The fourth-order valence-corrected chi connectivity index (χ4v) is 2.61. The monoisotopic (exact) mass is 492 g/mol.